The summed E-state index contributed by atoms with van der Waals surface area (Å²) in [5, 5.41) is 13.1. The number of carbonyl (C=O) groups excluding carboxylic acids is 1. The predicted molar refractivity (Wildman–Crippen MR) is 177 cm³/mol. The third-order valence-electron chi connectivity index (χ3n) is 8.99. The Morgan fingerprint density at radius 2 is 1.63 bits per heavy atom. The number of carbonyl (C=O) groups is 1. The van der Waals surface area contributed by atoms with Gasteiger partial charge in [0.05, 0.1) is 12.7 Å². The van der Waals surface area contributed by atoms with Gasteiger partial charge in [0.25, 0.3) is 8.32 Å². The quantitative estimate of drug-likeness (QED) is 0.196. The van der Waals surface area contributed by atoms with E-state index < -0.39 is 32.2 Å². The molecule has 1 heterocycles. The minimum atomic E-state index is -2.77. The minimum absolute atomic E-state index is 0.0209. The first-order valence-electron chi connectivity index (χ1n) is 15.5. The maximum Gasteiger partial charge on any atom is 0.341 e. The number of hydrogen-bond acceptors (Lipinski definition) is 5. The fourth-order valence-electron chi connectivity index (χ4n) is 6.48. The fourth-order valence-corrected chi connectivity index (χ4v) is 11.0. The van der Waals surface area contributed by atoms with Gasteiger partial charge in [-0.15, -0.1) is 6.58 Å². The van der Waals surface area contributed by atoms with Crippen molar-refractivity contribution in [3.05, 3.63) is 96.6 Å². The van der Waals surface area contributed by atoms with Crippen molar-refractivity contribution in [1.82, 2.24) is 0 Å². The van der Waals surface area contributed by atoms with E-state index in [-0.39, 0.29) is 22.3 Å². The zero-order chi connectivity index (χ0) is 31.6. The van der Waals surface area contributed by atoms with Crippen molar-refractivity contribution in [2.75, 3.05) is 6.61 Å². The lowest BCUT2D eigenvalue weighted by atomic mass is 9.71. The van der Waals surface area contributed by atoms with Gasteiger partial charge < -0.3 is 19.0 Å². The molecule has 0 amide bonds. The van der Waals surface area contributed by atoms with Crippen LogP contribution in [0.15, 0.2) is 96.6 Å². The van der Waals surface area contributed by atoms with Gasteiger partial charge in [0, 0.05) is 11.3 Å². The summed E-state index contributed by atoms with van der Waals surface area (Å²) in [5.74, 6) is -0.733. The molecule has 6 heteroatoms. The average molecular weight is 603 g/mol. The van der Waals surface area contributed by atoms with E-state index in [2.05, 4.69) is 88.9 Å². The van der Waals surface area contributed by atoms with Crippen molar-refractivity contribution < 1.29 is 23.8 Å². The molecule has 1 fully saturated rings. The summed E-state index contributed by atoms with van der Waals surface area (Å²) in [5.41, 5.74) is 0.372. The summed E-state index contributed by atoms with van der Waals surface area (Å²) in [6, 6.07) is 21.3. The smallest absolute Gasteiger partial charge is 0.341 e. The molecule has 2 aromatic rings. The van der Waals surface area contributed by atoms with Crippen LogP contribution in [0.2, 0.25) is 5.04 Å². The van der Waals surface area contributed by atoms with Gasteiger partial charge in [-0.2, -0.15) is 0 Å². The highest BCUT2D eigenvalue weighted by molar-refractivity contribution is 6.99. The Morgan fingerprint density at radius 3 is 2.09 bits per heavy atom. The Hall–Kier alpha value is -2.77. The van der Waals surface area contributed by atoms with Crippen molar-refractivity contribution in [3.63, 3.8) is 0 Å². The number of rotatable bonds is 9. The molecule has 2 aromatic carbocycles. The van der Waals surface area contributed by atoms with Gasteiger partial charge in [-0.3, -0.25) is 0 Å². The van der Waals surface area contributed by atoms with Crippen LogP contribution in [-0.2, 0) is 18.7 Å². The van der Waals surface area contributed by atoms with Crippen molar-refractivity contribution in [1.29, 1.82) is 0 Å². The van der Waals surface area contributed by atoms with Crippen LogP contribution < -0.4 is 10.4 Å². The van der Waals surface area contributed by atoms with Crippen LogP contribution in [0.1, 0.15) is 68.2 Å². The number of aliphatic hydroxyl groups excluding tert-OH is 1. The Kier molecular flexibility index (Phi) is 9.77. The van der Waals surface area contributed by atoms with Gasteiger partial charge in [0.2, 0.25) is 6.29 Å². The molecule has 43 heavy (non-hydrogen) atoms. The Morgan fingerprint density at radius 1 is 1.07 bits per heavy atom. The van der Waals surface area contributed by atoms with Gasteiger partial charge in [0.1, 0.15) is 0 Å². The second kappa shape index (κ2) is 12.7. The van der Waals surface area contributed by atoms with Gasteiger partial charge in [-0.25, -0.2) is 4.79 Å². The third-order valence-corrected chi connectivity index (χ3v) is 14.0. The number of cyclic esters (lactones) is 1. The normalized spacial score (nSPS) is 25.8. The van der Waals surface area contributed by atoms with E-state index in [9.17, 15) is 9.90 Å². The summed E-state index contributed by atoms with van der Waals surface area (Å²) < 4.78 is 19.8. The summed E-state index contributed by atoms with van der Waals surface area (Å²) >= 11 is 0. The first kappa shape index (κ1) is 33.1. The summed E-state index contributed by atoms with van der Waals surface area (Å²) in [6.45, 7) is 21.1. The number of hydrogen-bond donors (Lipinski definition) is 1. The number of benzene rings is 2. The maximum absolute atomic E-state index is 13.7. The average Bonchev–Trinajstić information content (AvgIpc) is 3.28. The van der Waals surface area contributed by atoms with E-state index in [1.807, 2.05) is 45.9 Å². The summed E-state index contributed by atoms with van der Waals surface area (Å²) in [6.07, 6.45) is 5.40. The highest BCUT2D eigenvalue weighted by Gasteiger charge is 2.59. The van der Waals surface area contributed by atoms with E-state index in [1.165, 1.54) is 10.4 Å². The second-order valence-corrected chi connectivity index (χ2v) is 18.7. The Labute approximate surface area is 259 Å². The van der Waals surface area contributed by atoms with Crippen molar-refractivity contribution in [3.8, 4) is 0 Å². The molecule has 0 saturated carbocycles. The Bertz CT molecular complexity index is 1300. The van der Waals surface area contributed by atoms with Crippen LogP contribution in [0.5, 0.6) is 0 Å². The summed E-state index contributed by atoms with van der Waals surface area (Å²) in [4.78, 5) is 13.7. The first-order chi connectivity index (χ1) is 20.2. The lowest BCUT2D eigenvalue weighted by Gasteiger charge is -2.44. The highest BCUT2D eigenvalue weighted by atomic mass is 28.4. The van der Waals surface area contributed by atoms with E-state index >= 15 is 0 Å². The lowest BCUT2D eigenvalue weighted by molar-refractivity contribution is -0.158. The topological polar surface area (TPSA) is 65.0 Å². The van der Waals surface area contributed by atoms with Crippen LogP contribution in [0.4, 0.5) is 0 Å². The SMILES string of the molecule is C=CC[C@H](O)/C(C)=C/[C@@H]1C=C(CO[Si](c2ccccc2)(c2ccccc2)C(C)(C)C)[C@H](C)C[C@]12O[C@@H](C(C)(C)C)OC2=O. The molecule has 0 radical (unpaired) electrons. The van der Waals surface area contributed by atoms with Crippen LogP contribution in [-0.4, -0.2) is 44.0 Å². The largest absolute Gasteiger partial charge is 0.433 e. The van der Waals surface area contributed by atoms with Gasteiger partial charge >= 0.3 is 5.97 Å². The van der Waals surface area contributed by atoms with Crippen molar-refractivity contribution in [2.24, 2.45) is 17.3 Å². The zero-order valence-corrected chi connectivity index (χ0v) is 28.2. The zero-order valence-electron chi connectivity index (χ0n) is 27.2. The molecule has 1 aliphatic heterocycles. The predicted octanol–water partition coefficient (Wildman–Crippen LogP) is 6.71. The van der Waals surface area contributed by atoms with Crippen LogP contribution >= 0.6 is 0 Å². The second-order valence-electron chi connectivity index (χ2n) is 14.4. The van der Waals surface area contributed by atoms with Crippen LogP contribution in [0.3, 0.4) is 0 Å². The number of ether oxygens (including phenoxy) is 2. The van der Waals surface area contributed by atoms with Crippen LogP contribution in [0, 0.1) is 17.3 Å². The molecular weight excluding hydrogens is 552 g/mol. The molecule has 1 N–H and O–H groups in total. The summed E-state index contributed by atoms with van der Waals surface area (Å²) in [7, 11) is -2.77. The number of esters is 1. The number of aliphatic hydroxyl groups is 1. The highest BCUT2D eigenvalue weighted by Crippen LogP contribution is 2.48. The molecule has 5 atom stereocenters. The molecule has 1 spiro atoms. The molecule has 2 aliphatic rings. The first-order valence-corrected chi connectivity index (χ1v) is 17.4. The fraction of sp³-hybridized carbons (Fsp3) is 0.486. The molecule has 1 saturated heterocycles. The van der Waals surface area contributed by atoms with Crippen LogP contribution in [0.25, 0.3) is 0 Å². The Balaban J connectivity index is 1.79. The maximum atomic E-state index is 13.7. The third kappa shape index (κ3) is 6.53. The molecule has 4 rings (SSSR count). The minimum Gasteiger partial charge on any atom is -0.433 e. The van der Waals surface area contributed by atoms with Crippen molar-refractivity contribution in [2.45, 2.75) is 91.3 Å². The van der Waals surface area contributed by atoms with Gasteiger partial charge in [-0.1, -0.05) is 127 Å². The molecule has 0 aromatic heterocycles. The monoisotopic (exact) mass is 602 g/mol. The van der Waals surface area contributed by atoms with E-state index in [4.69, 9.17) is 13.9 Å². The molecule has 0 unspecified atom stereocenters. The molecule has 5 nitrogen and oxygen atoms in total. The van der Waals surface area contributed by atoms with E-state index in [0.29, 0.717) is 19.4 Å². The molecular formula is C37H50O5Si. The standard InChI is InChI=1S/C37H50O5Si/c1-10-17-32(38)26(2)22-29-23-28(27(3)24-37(29)33(39)41-34(42-37)35(4,5)6)25-40-43(36(7,8)9,30-18-13-11-14-19-30)31-20-15-12-16-21-31/h10-16,18-23,27,29,32,34,38H,1,17,24-25H2,2-9H3/b26-22+/t27-,29-,32+,34+,37+/m1/s1. The van der Waals surface area contributed by atoms with Crippen molar-refractivity contribution >= 4 is 24.7 Å². The van der Waals surface area contributed by atoms with E-state index in [0.717, 1.165) is 11.1 Å². The van der Waals surface area contributed by atoms with E-state index in [1.54, 1.807) is 6.08 Å². The molecule has 1 aliphatic carbocycles. The molecule has 0 bridgehead atoms. The molecule has 232 valence electrons. The van der Waals surface area contributed by atoms with Gasteiger partial charge in [-0.05, 0) is 52.2 Å². The van der Waals surface area contributed by atoms with Gasteiger partial charge in [0.15, 0.2) is 5.60 Å². The lowest BCUT2D eigenvalue weighted by Crippen LogP contribution is -2.66.